The molecule has 0 spiro atoms. The Hall–Kier alpha value is 0.160. The Kier molecular flexibility index (Phi) is 3.31. The molecule has 0 aromatic carbocycles. The van der Waals surface area contributed by atoms with Gasteiger partial charge in [0.25, 0.3) is 0 Å². The maximum absolute atomic E-state index is 10.9. The lowest BCUT2D eigenvalue weighted by Gasteiger charge is -2.16. The molecule has 1 heterocycles. The molecule has 0 saturated carbocycles. The smallest absolute Gasteiger partial charge is 0.152 e. The summed E-state index contributed by atoms with van der Waals surface area (Å²) in [4.78, 5) is 0. The van der Waals surface area contributed by atoms with E-state index in [2.05, 4.69) is 11.3 Å². The van der Waals surface area contributed by atoms with Gasteiger partial charge < -0.3 is 12.4 Å². The first-order valence-electron chi connectivity index (χ1n) is 3.22. The van der Waals surface area contributed by atoms with Crippen LogP contribution in [-0.4, -0.2) is 25.5 Å². The van der Waals surface area contributed by atoms with E-state index in [9.17, 15) is 8.42 Å². The summed E-state index contributed by atoms with van der Waals surface area (Å²) in [5.74, 6) is 4.01. The monoisotopic (exact) mass is 200 g/mol. The van der Waals surface area contributed by atoms with Crippen LogP contribution in [0.5, 0.6) is 0 Å². The van der Waals surface area contributed by atoms with Crippen molar-refractivity contribution in [2.45, 2.75) is 18.9 Å². The third-order valence-electron chi connectivity index (χ3n) is 1.93. The van der Waals surface area contributed by atoms with E-state index in [1.807, 2.05) is 6.92 Å². The van der Waals surface area contributed by atoms with Crippen molar-refractivity contribution in [2.24, 2.45) is 0 Å². The Morgan fingerprint density at radius 2 is 2.09 bits per heavy atom. The number of nitrogens with one attached hydrogen (secondary N) is 1. The Morgan fingerprint density at radius 1 is 1.55 bits per heavy atom. The summed E-state index contributed by atoms with van der Waals surface area (Å²) < 4.78 is 21.9. The highest BCUT2D eigenvalue weighted by Crippen LogP contribution is 2.20. The van der Waals surface area contributed by atoms with Gasteiger partial charge in [0.1, 0.15) is 0 Å². The van der Waals surface area contributed by atoms with Crippen molar-refractivity contribution in [3.8, 4) is 0 Å². The molecule has 1 unspecified atom stereocenters. The first kappa shape index (κ1) is 11.2. The second-order valence-corrected chi connectivity index (χ2v) is 5.26. The summed E-state index contributed by atoms with van der Waals surface area (Å²) in [5, 5.41) is 0. The Labute approximate surface area is 72.8 Å². The molecule has 0 aromatic heterocycles. The molecule has 0 aliphatic carbocycles. The van der Waals surface area contributed by atoms with Crippen LogP contribution >= 0.6 is 0 Å². The maximum Gasteiger partial charge on any atom is 0.152 e. The minimum absolute atomic E-state index is 0. The van der Waals surface area contributed by atoms with Crippen LogP contribution in [0.2, 0.25) is 0 Å². The molecule has 0 amide bonds. The third-order valence-corrected chi connectivity index (χ3v) is 3.83. The average Bonchev–Trinajstić information content (AvgIpc) is 2.08. The number of sulfone groups is 1. The minimum Gasteiger partial charge on any atom is -1.00 e. The van der Waals surface area contributed by atoms with Gasteiger partial charge in [-0.3, -0.25) is 5.84 Å². The number of hydrogen-bond acceptors (Lipinski definition) is 3. The summed E-state index contributed by atoms with van der Waals surface area (Å²) in [6.45, 7) is 1.88. The van der Waals surface area contributed by atoms with Gasteiger partial charge in [-0.1, -0.05) is 0 Å². The number of hydrogen-bond donors (Lipinski definition) is 2. The molecule has 1 rings (SSSR count). The van der Waals surface area contributed by atoms with Crippen molar-refractivity contribution in [1.29, 1.82) is 0 Å². The first-order valence-corrected chi connectivity index (χ1v) is 5.04. The molecule has 0 radical (unpaired) electrons. The molecule has 1 aliphatic rings. The van der Waals surface area contributed by atoms with E-state index in [0.29, 0.717) is 12.2 Å². The van der Waals surface area contributed by atoms with Gasteiger partial charge in [0.05, 0.1) is 17.0 Å². The highest BCUT2D eigenvalue weighted by atomic mass is 35.5. The van der Waals surface area contributed by atoms with Gasteiger partial charge in [-0.25, -0.2) is 8.42 Å². The zero-order chi connectivity index (χ0) is 7.83. The van der Waals surface area contributed by atoms with Crippen LogP contribution in [0.4, 0.5) is 0 Å². The van der Waals surface area contributed by atoms with Crippen LogP contribution in [0, 0.1) is 0 Å². The van der Waals surface area contributed by atoms with E-state index >= 15 is 0 Å². The molecule has 11 heavy (non-hydrogen) atoms. The lowest BCUT2D eigenvalue weighted by atomic mass is 10.0. The van der Waals surface area contributed by atoms with Gasteiger partial charge in [0.2, 0.25) is 0 Å². The second kappa shape index (κ2) is 3.26. The summed E-state index contributed by atoms with van der Waals surface area (Å²) in [6, 6.07) is 0. The van der Waals surface area contributed by atoms with E-state index in [-0.39, 0.29) is 23.7 Å². The molecular formula is C5H13ClN2O2S. The molecule has 4 nitrogen and oxygen atoms in total. The normalized spacial score (nSPS) is 34.7. The molecular weight excluding hydrogens is 188 g/mol. The van der Waals surface area contributed by atoms with Crippen molar-refractivity contribution in [1.82, 2.24) is 5.43 Å². The Balaban J connectivity index is 0.000001000. The fourth-order valence-electron chi connectivity index (χ4n) is 1.15. The molecule has 1 aliphatic heterocycles. The van der Waals surface area contributed by atoms with E-state index in [1.54, 1.807) is 0 Å². The molecule has 0 bridgehead atoms. The van der Waals surface area contributed by atoms with E-state index in [0.717, 1.165) is 0 Å². The fraction of sp³-hybridized carbons (Fsp3) is 1.00. The molecule has 0 aromatic rings. The van der Waals surface area contributed by atoms with Gasteiger partial charge in [-0.15, -0.1) is 0 Å². The Bertz CT molecular complexity index is 229. The lowest BCUT2D eigenvalue weighted by Crippen LogP contribution is -3.00. The van der Waals surface area contributed by atoms with E-state index in [4.69, 9.17) is 0 Å². The predicted molar refractivity (Wildman–Crippen MR) is 37.7 cm³/mol. The first-order chi connectivity index (χ1) is 4.47. The largest absolute Gasteiger partial charge is 1.00 e. The predicted octanol–water partition coefficient (Wildman–Crippen LogP) is -4.69. The highest BCUT2D eigenvalue weighted by Gasteiger charge is 2.38. The van der Waals surface area contributed by atoms with Crippen molar-refractivity contribution < 1.29 is 26.7 Å². The van der Waals surface area contributed by atoms with Gasteiger partial charge in [-0.05, 0) is 13.3 Å². The van der Waals surface area contributed by atoms with Gasteiger partial charge in [0, 0.05) is 0 Å². The van der Waals surface area contributed by atoms with Gasteiger partial charge in [-0.2, -0.15) is 5.43 Å². The zero-order valence-corrected chi connectivity index (χ0v) is 8.00. The maximum atomic E-state index is 10.9. The van der Waals surface area contributed by atoms with Crippen molar-refractivity contribution in [2.75, 3.05) is 11.5 Å². The summed E-state index contributed by atoms with van der Waals surface area (Å²) >= 11 is 0. The van der Waals surface area contributed by atoms with Crippen LogP contribution in [0.15, 0.2) is 0 Å². The molecule has 4 N–H and O–H groups in total. The highest BCUT2D eigenvalue weighted by molar-refractivity contribution is 7.91. The number of quaternary nitrogens is 1. The number of rotatable bonds is 1. The number of halogens is 1. The van der Waals surface area contributed by atoms with Crippen LogP contribution in [-0.2, 0) is 9.84 Å². The van der Waals surface area contributed by atoms with Gasteiger partial charge in [0.15, 0.2) is 9.84 Å². The van der Waals surface area contributed by atoms with Crippen LogP contribution in [0.3, 0.4) is 0 Å². The zero-order valence-electron chi connectivity index (χ0n) is 6.43. The Morgan fingerprint density at radius 3 is 2.27 bits per heavy atom. The third kappa shape index (κ3) is 2.59. The van der Waals surface area contributed by atoms with Crippen LogP contribution < -0.4 is 23.7 Å². The SMILES string of the molecule is CC1(N[NH3+])CCS(=O)(=O)C1.[Cl-]. The fourth-order valence-corrected chi connectivity index (χ4v) is 3.27. The molecule has 1 saturated heterocycles. The van der Waals surface area contributed by atoms with Crippen LogP contribution in [0.25, 0.3) is 0 Å². The van der Waals surface area contributed by atoms with Crippen molar-refractivity contribution in [3.63, 3.8) is 0 Å². The molecule has 68 valence electrons. The topological polar surface area (TPSA) is 73.8 Å². The lowest BCUT2D eigenvalue weighted by molar-refractivity contribution is -0.460. The molecule has 1 atom stereocenters. The van der Waals surface area contributed by atoms with Gasteiger partial charge >= 0.3 is 0 Å². The molecule has 1 fully saturated rings. The van der Waals surface area contributed by atoms with E-state index < -0.39 is 9.84 Å². The van der Waals surface area contributed by atoms with Crippen molar-refractivity contribution >= 4 is 9.84 Å². The van der Waals surface area contributed by atoms with E-state index in [1.165, 1.54) is 0 Å². The standard InChI is InChI=1S/C5H12N2O2S.ClH/c1-5(7-6)2-3-10(8,9)4-5;/h7H,2-4,6H2,1H3;1H. The summed E-state index contributed by atoms with van der Waals surface area (Å²) in [7, 11) is -2.77. The van der Waals surface area contributed by atoms with Crippen molar-refractivity contribution in [3.05, 3.63) is 0 Å². The summed E-state index contributed by atoms with van der Waals surface area (Å²) in [6.07, 6.45) is 0.679. The van der Waals surface area contributed by atoms with Crippen LogP contribution in [0.1, 0.15) is 13.3 Å². The molecule has 6 heteroatoms. The quantitative estimate of drug-likeness (QED) is 0.418. The second-order valence-electron chi connectivity index (χ2n) is 3.08. The summed E-state index contributed by atoms with van der Waals surface area (Å²) in [5.41, 5.74) is 2.49. The minimum atomic E-state index is -2.77. The average molecular weight is 201 g/mol.